The second-order valence-corrected chi connectivity index (χ2v) is 5.47. The summed E-state index contributed by atoms with van der Waals surface area (Å²) in [6, 6.07) is 19.7. The van der Waals surface area contributed by atoms with Crippen LogP contribution in [-0.4, -0.2) is 32.1 Å². The predicted octanol–water partition coefficient (Wildman–Crippen LogP) is 3.57. The Morgan fingerprint density at radius 1 is 0.900 bits per heavy atom. The molecule has 2 nitrogen and oxygen atoms in total. The van der Waals surface area contributed by atoms with Crippen LogP contribution in [0.25, 0.3) is 11.1 Å². The summed E-state index contributed by atoms with van der Waals surface area (Å²) >= 11 is 0. The molecule has 0 spiro atoms. The van der Waals surface area contributed by atoms with Crippen LogP contribution in [0.1, 0.15) is 18.5 Å². The van der Waals surface area contributed by atoms with E-state index >= 15 is 0 Å². The van der Waals surface area contributed by atoms with E-state index < -0.39 is 0 Å². The minimum absolute atomic E-state index is 0.389. The molecule has 0 bridgehead atoms. The lowest BCUT2D eigenvalue weighted by Gasteiger charge is -2.17. The van der Waals surface area contributed by atoms with E-state index in [-0.39, 0.29) is 0 Å². The topological polar surface area (TPSA) is 15.3 Å². The highest BCUT2D eigenvalue weighted by atomic mass is 15.1. The maximum Gasteiger partial charge on any atom is 0.0292 e. The van der Waals surface area contributed by atoms with Gasteiger partial charge in [0.15, 0.2) is 0 Å². The molecule has 2 rings (SSSR count). The lowest BCUT2D eigenvalue weighted by Crippen LogP contribution is -2.28. The standard InChI is InChI=1S/C18H24N2/c1-15(19-13-14-20(2)3)16-9-11-18(12-10-16)17-7-5-4-6-8-17/h4-12,15,19H,13-14H2,1-3H3. The van der Waals surface area contributed by atoms with Crippen LogP contribution in [-0.2, 0) is 0 Å². The minimum atomic E-state index is 0.389. The summed E-state index contributed by atoms with van der Waals surface area (Å²) in [5, 5.41) is 3.55. The lowest BCUT2D eigenvalue weighted by atomic mass is 10.0. The first-order valence-electron chi connectivity index (χ1n) is 7.20. The molecule has 1 N–H and O–H groups in total. The molecule has 2 aromatic rings. The van der Waals surface area contributed by atoms with Crippen LogP contribution in [0.5, 0.6) is 0 Å². The van der Waals surface area contributed by atoms with E-state index in [4.69, 9.17) is 0 Å². The van der Waals surface area contributed by atoms with E-state index in [1.807, 2.05) is 0 Å². The number of likely N-dealkylation sites (N-methyl/N-ethyl adjacent to an activating group) is 1. The van der Waals surface area contributed by atoms with Gasteiger partial charge in [-0.15, -0.1) is 0 Å². The molecule has 0 heterocycles. The zero-order valence-electron chi connectivity index (χ0n) is 12.6. The van der Waals surface area contributed by atoms with Gasteiger partial charge in [0.2, 0.25) is 0 Å². The normalized spacial score (nSPS) is 12.6. The molecule has 0 radical (unpaired) electrons. The average molecular weight is 268 g/mol. The smallest absolute Gasteiger partial charge is 0.0292 e. The van der Waals surface area contributed by atoms with Crippen LogP contribution < -0.4 is 5.32 Å². The maximum atomic E-state index is 3.55. The molecule has 20 heavy (non-hydrogen) atoms. The second-order valence-electron chi connectivity index (χ2n) is 5.47. The van der Waals surface area contributed by atoms with E-state index in [0.29, 0.717) is 6.04 Å². The maximum absolute atomic E-state index is 3.55. The number of rotatable bonds is 6. The van der Waals surface area contributed by atoms with Crippen LogP contribution in [0.3, 0.4) is 0 Å². The van der Waals surface area contributed by atoms with Gasteiger partial charge < -0.3 is 10.2 Å². The van der Waals surface area contributed by atoms with Crippen LogP contribution >= 0.6 is 0 Å². The predicted molar refractivity (Wildman–Crippen MR) is 86.8 cm³/mol. The molecule has 0 fully saturated rings. The van der Waals surface area contributed by atoms with Gasteiger partial charge >= 0.3 is 0 Å². The zero-order valence-corrected chi connectivity index (χ0v) is 12.6. The van der Waals surface area contributed by atoms with Crippen molar-refractivity contribution in [2.24, 2.45) is 0 Å². The summed E-state index contributed by atoms with van der Waals surface area (Å²) in [6.07, 6.45) is 0. The van der Waals surface area contributed by atoms with Gasteiger partial charge in [-0.3, -0.25) is 0 Å². The monoisotopic (exact) mass is 268 g/mol. The van der Waals surface area contributed by atoms with Gasteiger partial charge in [0, 0.05) is 19.1 Å². The Morgan fingerprint density at radius 2 is 1.50 bits per heavy atom. The molecule has 0 aromatic heterocycles. The van der Waals surface area contributed by atoms with E-state index in [0.717, 1.165) is 13.1 Å². The number of benzene rings is 2. The average Bonchev–Trinajstić information content (AvgIpc) is 2.48. The Balaban J connectivity index is 1.97. The molecule has 2 aromatic carbocycles. The summed E-state index contributed by atoms with van der Waals surface area (Å²) in [4.78, 5) is 2.19. The van der Waals surface area contributed by atoms with E-state index in [1.165, 1.54) is 16.7 Å². The highest BCUT2D eigenvalue weighted by molar-refractivity contribution is 5.63. The molecular formula is C18H24N2. The van der Waals surface area contributed by atoms with Crippen molar-refractivity contribution >= 4 is 0 Å². The molecule has 0 aliphatic carbocycles. The Morgan fingerprint density at radius 3 is 2.10 bits per heavy atom. The Kier molecular flexibility index (Phi) is 5.33. The highest BCUT2D eigenvalue weighted by Gasteiger charge is 2.05. The molecular weight excluding hydrogens is 244 g/mol. The third kappa shape index (κ3) is 4.19. The quantitative estimate of drug-likeness (QED) is 0.861. The van der Waals surface area contributed by atoms with Crippen LogP contribution in [0.15, 0.2) is 54.6 Å². The van der Waals surface area contributed by atoms with Crippen molar-refractivity contribution in [2.75, 3.05) is 27.2 Å². The molecule has 0 amide bonds. The second kappa shape index (κ2) is 7.22. The number of nitrogens with one attached hydrogen (secondary N) is 1. The van der Waals surface area contributed by atoms with Crippen LogP contribution in [0.4, 0.5) is 0 Å². The van der Waals surface area contributed by atoms with Crippen molar-refractivity contribution in [3.8, 4) is 11.1 Å². The van der Waals surface area contributed by atoms with E-state index in [1.54, 1.807) is 0 Å². The summed E-state index contributed by atoms with van der Waals surface area (Å²) < 4.78 is 0. The third-order valence-electron chi connectivity index (χ3n) is 3.53. The number of hydrogen-bond acceptors (Lipinski definition) is 2. The fraction of sp³-hybridized carbons (Fsp3) is 0.333. The first kappa shape index (κ1) is 14.8. The van der Waals surface area contributed by atoms with Gasteiger partial charge in [0.05, 0.1) is 0 Å². The Hall–Kier alpha value is -1.64. The summed E-state index contributed by atoms with van der Waals surface area (Å²) in [5.74, 6) is 0. The van der Waals surface area contributed by atoms with Crippen LogP contribution in [0, 0.1) is 0 Å². The Bertz CT molecular complexity index is 503. The summed E-state index contributed by atoms with van der Waals surface area (Å²) in [7, 11) is 4.20. The van der Waals surface area contributed by atoms with Crippen molar-refractivity contribution in [3.63, 3.8) is 0 Å². The molecule has 106 valence electrons. The van der Waals surface area contributed by atoms with Crippen LogP contribution in [0.2, 0.25) is 0 Å². The lowest BCUT2D eigenvalue weighted by molar-refractivity contribution is 0.389. The largest absolute Gasteiger partial charge is 0.309 e. The molecule has 0 saturated carbocycles. The van der Waals surface area contributed by atoms with Gasteiger partial charge in [-0.25, -0.2) is 0 Å². The van der Waals surface area contributed by atoms with Gasteiger partial charge in [-0.2, -0.15) is 0 Å². The van der Waals surface area contributed by atoms with Gasteiger partial charge in [0.25, 0.3) is 0 Å². The molecule has 1 unspecified atom stereocenters. The summed E-state index contributed by atoms with van der Waals surface area (Å²) in [6.45, 7) is 4.29. The molecule has 0 saturated heterocycles. The third-order valence-corrected chi connectivity index (χ3v) is 3.53. The fourth-order valence-corrected chi connectivity index (χ4v) is 2.22. The minimum Gasteiger partial charge on any atom is -0.309 e. The molecule has 0 aliphatic rings. The SMILES string of the molecule is CC(NCCN(C)C)c1ccc(-c2ccccc2)cc1. The van der Waals surface area contributed by atoms with Crippen molar-refractivity contribution in [1.29, 1.82) is 0 Å². The van der Waals surface area contributed by atoms with E-state index in [9.17, 15) is 0 Å². The van der Waals surface area contributed by atoms with Crippen molar-refractivity contribution in [2.45, 2.75) is 13.0 Å². The van der Waals surface area contributed by atoms with Crippen molar-refractivity contribution < 1.29 is 0 Å². The van der Waals surface area contributed by atoms with Crippen molar-refractivity contribution in [1.82, 2.24) is 10.2 Å². The number of hydrogen-bond donors (Lipinski definition) is 1. The Labute approximate surface area is 122 Å². The fourth-order valence-electron chi connectivity index (χ4n) is 2.22. The zero-order chi connectivity index (χ0) is 14.4. The summed E-state index contributed by atoms with van der Waals surface area (Å²) in [5.41, 5.74) is 3.88. The van der Waals surface area contributed by atoms with Crippen molar-refractivity contribution in [3.05, 3.63) is 60.2 Å². The first-order chi connectivity index (χ1) is 9.66. The van der Waals surface area contributed by atoms with Gasteiger partial charge in [-0.1, -0.05) is 54.6 Å². The molecule has 2 heteroatoms. The number of nitrogens with zero attached hydrogens (tertiary/aromatic N) is 1. The van der Waals surface area contributed by atoms with Gasteiger partial charge in [-0.05, 0) is 37.7 Å². The first-order valence-corrected chi connectivity index (χ1v) is 7.20. The molecule has 0 aliphatic heterocycles. The highest BCUT2D eigenvalue weighted by Crippen LogP contribution is 2.21. The molecule has 1 atom stereocenters. The van der Waals surface area contributed by atoms with E-state index in [2.05, 4.69) is 85.8 Å². The van der Waals surface area contributed by atoms with Gasteiger partial charge in [0.1, 0.15) is 0 Å².